The van der Waals surface area contributed by atoms with Gasteiger partial charge >= 0.3 is 0 Å². The summed E-state index contributed by atoms with van der Waals surface area (Å²) in [7, 11) is 0. The molecule has 5 nitrogen and oxygen atoms in total. The van der Waals surface area contributed by atoms with E-state index in [0.717, 1.165) is 56.4 Å². The van der Waals surface area contributed by atoms with Gasteiger partial charge in [0.1, 0.15) is 17.3 Å². The standard InChI is InChI=1S/C60H56N4O/c1-58(2,3)45-32-33-61-57(37-45)64-54-29-18-17-28-52(54)53-31-30-51(39-55(53)64)65-50-27-19-26-48(38-50)62-40-56(42-20-11-8-12-21-42)63(41-62)49-35-46(59(4,5)43-22-13-9-14-23-43)34-47(36-49)60(6,7)44-24-15-10-16-25-44/h8-40H,41H2,1-7H3. The fourth-order valence-electron chi connectivity index (χ4n) is 9.36. The zero-order chi connectivity index (χ0) is 44.9. The Labute approximate surface area is 383 Å². The number of aromatic nitrogens is 2. The minimum absolute atomic E-state index is 0.00922. The zero-order valence-electron chi connectivity index (χ0n) is 38.5. The van der Waals surface area contributed by atoms with Crippen LogP contribution in [0.3, 0.4) is 0 Å². The van der Waals surface area contributed by atoms with Crippen LogP contribution in [0.15, 0.2) is 200 Å². The van der Waals surface area contributed by atoms with Gasteiger partial charge in [-0.3, -0.25) is 4.57 Å². The van der Waals surface area contributed by atoms with Gasteiger partial charge in [0.05, 0.1) is 23.4 Å². The van der Waals surface area contributed by atoms with E-state index in [9.17, 15) is 0 Å². The predicted octanol–water partition coefficient (Wildman–Crippen LogP) is 15.2. The SMILES string of the molecule is CC(C)(C)c1ccnc(-n2c3ccccc3c3ccc(Oc4cccc(N5C=C(c6ccccc6)N(c6cc(C(C)(C)c7ccccc7)cc(C(C)(C)c7ccccc7)c6)C5)c4)cc32)c1. The Bertz CT molecular complexity index is 3120. The highest BCUT2D eigenvalue weighted by Crippen LogP contribution is 2.43. The summed E-state index contributed by atoms with van der Waals surface area (Å²) in [5.74, 6) is 2.43. The minimum atomic E-state index is -0.245. The third-order valence-electron chi connectivity index (χ3n) is 13.5. The van der Waals surface area contributed by atoms with Crippen LogP contribution in [0.5, 0.6) is 11.5 Å². The second-order valence-corrected chi connectivity index (χ2v) is 19.5. The number of fused-ring (bicyclic) bond motifs is 3. The predicted molar refractivity (Wildman–Crippen MR) is 272 cm³/mol. The van der Waals surface area contributed by atoms with Gasteiger partial charge in [0, 0.05) is 57.5 Å². The van der Waals surface area contributed by atoms with Crippen molar-refractivity contribution in [3.05, 3.63) is 234 Å². The van der Waals surface area contributed by atoms with Gasteiger partial charge in [-0.15, -0.1) is 0 Å². The second kappa shape index (κ2) is 16.3. The number of hydrogen-bond donors (Lipinski definition) is 0. The molecule has 7 aromatic carbocycles. The molecule has 65 heavy (non-hydrogen) atoms. The van der Waals surface area contributed by atoms with E-state index in [0.29, 0.717) is 6.67 Å². The summed E-state index contributed by atoms with van der Waals surface area (Å²) in [6.45, 7) is 16.7. The lowest BCUT2D eigenvalue weighted by molar-refractivity contribution is 0.483. The van der Waals surface area contributed by atoms with E-state index in [-0.39, 0.29) is 16.2 Å². The molecule has 2 aromatic heterocycles. The average Bonchev–Trinajstić information content (AvgIpc) is 3.92. The van der Waals surface area contributed by atoms with Crippen LogP contribution in [0.2, 0.25) is 0 Å². The summed E-state index contributed by atoms with van der Waals surface area (Å²) in [6.07, 6.45) is 4.21. The van der Waals surface area contributed by atoms with Crippen molar-refractivity contribution in [1.82, 2.24) is 9.55 Å². The molecule has 10 rings (SSSR count). The first-order valence-corrected chi connectivity index (χ1v) is 22.7. The molecule has 5 heteroatoms. The molecule has 0 unspecified atom stereocenters. The number of nitrogens with zero attached hydrogens (tertiary/aromatic N) is 4. The molecule has 1 aliphatic rings. The Morgan fingerprint density at radius 1 is 0.462 bits per heavy atom. The van der Waals surface area contributed by atoms with Crippen LogP contribution in [0.25, 0.3) is 33.3 Å². The highest BCUT2D eigenvalue weighted by atomic mass is 16.5. The summed E-state index contributed by atoms with van der Waals surface area (Å²) >= 11 is 0. The van der Waals surface area contributed by atoms with E-state index in [2.05, 4.69) is 251 Å². The first-order chi connectivity index (χ1) is 31.3. The zero-order valence-corrected chi connectivity index (χ0v) is 38.5. The summed E-state index contributed by atoms with van der Waals surface area (Å²) in [5.41, 5.74) is 12.5. The van der Waals surface area contributed by atoms with E-state index >= 15 is 0 Å². The van der Waals surface area contributed by atoms with Crippen LogP contribution in [0.4, 0.5) is 11.4 Å². The van der Waals surface area contributed by atoms with Crippen molar-refractivity contribution in [3.63, 3.8) is 0 Å². The number of hydrogen-bond acceptors (Lipinski definition) is 4. The first kappa shape index (κ1) is 41.6. The Kier molecular flexibility index (Phi) is 10.5. The lowest BCUT2D eigenvalue weighted by atomic mass is 9.73. The highest BCUT2D eigenvalue weighted by Gasteiger charge is 2.32. The monoisotopic (exact) mass is 848 g/mol. The molecular formula is C60H56N4O. The van der Waals surface area contributed by atoms with Gasteiger partial charge in [0.15, 0.2) is 0 Å². The molecule has 0 radical (unpaired) electrons. The van der Waals surface area contributed by atoms with Gasteiger partial charge in [0.25, 0.3) is 0 Å². The topological polar surface area (TPSA) is 33.5 Å². The van der Waals surface area contributed by atoms with Crippen molar-refractivity contribution in [2.45, 2.75) is 64.7 Å². The fraction of sp³-hybridized carbons (Fsp3) is 0.183. The van der Waals surface area contributed by atoms with Crippen molar-refractivity contribution < 1.29 is 4.74 Å². The third kappa shape index (κ3) is 7.86. The van der Waals surface area contributed by atoms with Crippen LogP contribution in [0.1, 0.15) is 81.8 Å². The lowest BCUT2D eigenvalue weighted by Gasteiger charge is -2.34. The number of anilines is 2. The van der Waals surface area contributed by atoms with Crippen LogP contribution in [0, 0.1) is 0 Å². The molecule has 1 aliphatic heterocycles. The Balaban J connectivity index is 1.03. The smallest absolute Gasteiger partial charge is 0.137 e. The molecule has 322 valence electrons. The van der Waals surface area contributed by atoms with E-state index in [4.69, 9.17) is 9.72 Å². The van der Waals surface area contributed by atoms with Gasteiger partial charge < -0.3 is 14.5 Å². The van der Waals surface area contributed by atoms with E-state index in [1.807, 2.05) is 12.3 Å². The Morgan fingerprint density at radius 2 is 1.06 bits per heavy atom. The van der Waals surface area contributed by atoms with Gasteiger partial charge in [0.2, 0.25) is 0 Å². The summed E-state index contributed by atoms with van der Waals surface area (Å²) in [5, 5.41) is 2.34. The number of rotatable bonds is 10. The highest BCUT2D eigenvalue weighted by molar-refractivity contribution is 6.09. The lowest BCUT2D eigenvalue weighted by Crippen LogP contribution is -2.28. The van der Waals surface area contributed by atoms with Crippen LogP contribution in [-0.4, -0.2) is 16.2 Å². The Hall–Kier alpha value is -7.37. The van der Waals surface area contributed by atoms with E-state index in [1.165, 1.54) is 33.2 Å². The van der Waals surface area contributed by atoms with Gasteiger partial charge in [-0.05, 0) is 93.4 Å². The maximum atomic E-state index is 6.77. The molecule has 3 heterocycles. The first-order valence-electron chi connectivity index (χ1n) is 22.7. The summed E-state index contributed by atoms with van der Waals surface area (Å²) < 4.78 is 9.03. The molecule has 0 spiro atoms. The van der Waals surface area contributed by atoms with Crippen LogP contribution >= 0.6 is 0 Å². The van der Waals surface area contributed by atoms with Crippen molar-refractivity contribution in [2.75, 3.05) is 16.5 Å². The number of para-hydroxylation sites is 1. The maximum Gasteiger partial charge on any atom is 0.137 e. The normalized spacial score (nSPS) is 13.4. The minimum Gasteiger partial charge on any atom is -0.457 e. The Morgan fingerprint density at radius 3 is 1.72 bits per heavy atom. The van der Waals surface area contributed by atoms with Crippen LogP contribution in [-0.2, 0) is 16.2 Å². The van der Waals surface area contributed by atoms with Crippen molar-refractivity contribution >= 4 is 38.9 Å². The fourth-order valence-corrected chi connectivity index (χ4v) is 9.36. The third-order valence-corrected chi connectivity index (χ3v) is 13.5. The summed E-state index contributed by atoms with van der Waals surface area (Å²) in [6, 6.07) is 67.5. The number of ether oxygens (including phenoxy) is 1. The second-order valence-electron chi connectivity index (χ2n) is 19.5. The molecule has 0 aliphatic carbocycles. The molecule has 0 N–H and O–H groups in total. The van der Waals surface area contributed by atoms with Gasteiger partial charge in [-0.25, -0.2) is 4.98 Å². The molecule has 0 fully saturated rings. The van der Waals surface area contributed by atoms with Crippen molar-refractivity contribution in [2.24, 2.45) is 0 Å². The average molecular weight is 849 g/mol. The van der Waals surface area contributed by atoms with Crippen molar-refractivity contribution in [3.8, 4) is 17.3 Å². The van der Waals surface area contributed by atoms with Crippen LogP contribution < -0.4 is 14.5 Å². The van der Waals surface area contributed by atoms with E-state index < -0.39 is 0 Å². The summed E-state index contributed by atoms with van der Waals surface area (Å²) in [4.78, 5) is 9.69. The maximum absolute atomic E-state index is 6.77. The number of pyridine rings is 1. The molecular weight excluding hydrogens is 793 g/mol. The molecule has 0 bridgehead atoms. The molecule has 0 amide bonds. The number of benzene rings is 7. The largest absolute Gasteiger partial charge is 0.457 e. The molecule has 0 saturated heterocycles. The quantitative estimate of drug-likeness (QED) is 0.137. The molecule has 9 aromatic rings. The molecule has 0 saturated carbocycles. The molecule has 0 atom stereocenters. The van der Waals surface area contributed by atoms with Gasteiger partial charge in [-0.1, -0.05) is 170 Å². The van der Waals surface area contributed by atoms with E-state index in [1.54, 1.807) is 0 Å². The van der Waals surface area contributed by atoms with Gasteiger partial charge in [-0.2, -0.15) is 0 Å². The van der Waals surface area contributed by atoms with Crippen molar-refractivity contribution in [1.29, 1.82) is 0 Å².